The number of hydrogen-bond donors (Lipinski definition) is 2. The third kappa shape index (κ3) is 6.77. The normalized spacial score (nSPS) is 11.5. The van der Waals surface area contributed by atoms with Crippen LogP contribution in [0.3, 0.4) is 0 Å². The van der Waals surface area contributed by atoms with Gasteiger partial charge in [0.25, 0.3) is 0 Å². The molecule has 0 saturated carbocycles. The van der Waals surface area contributed by atoms with E-state index in [2.05, 4.69) is 20.4 Å². The highest BCUT2D eigenvalue weighted by molar-refractivity contribution is 8.01. The van der Waals surface area contributed by atoms with Crippen molar-refractivity contribution in [2.75, 3.05) is 17.7 Å². The van der Waals surface area contributed by atoms with E-state index in [0.29, 0.717) is 54.4 Å². The number of fused-ring (bicyclic) bond motifs is 1. The molecular weight excluding hydrogens is 597 g/mol. The number of halogens is 2. The van der Waals surface area contributed by atoms with E-state index < -0.39 is 17.3 Å². The molecule has 0 fully saturated rings. The predicted octanol–water partition coefficient (Wildman–Crippen LogP) is 6.67. The Morgan fingerprint density at radius 3 is 2.75 bits per heavy atom. The number of aliphatic carboxylic acids is 1. The number of carboxylic acids is 1. The summed E-state index contributed by atoms with van der Waals surface area (Å²) in [4.78, 5) is 33.2. The number of ether oxygens (including phenoxy) is 1. The van der Waals surface area contributed by atoms with E-state index in [1.54, 1.807) is 32.0 Å². The molecule has 0 spiro atoms. The number of aromatic nitrogens is 4. The maximum Gasteiger partial charge on any atom is 0.304 e. The Morgan fingerprint density at radius 1 is 1.27 bits per heavy atom. The first-order valence-corrected chi connectivity index (χ1v) is 14.7. The molecule has 9 nitrogen and oxygen atoms in total. The summed E-state index contributed by atoms with van der Waals surface area (Å²) >= 11 is 14.0. The summed E-state index contributed by atoms with van der Waals surface area (Å²) in [6, 6.07) is 7.81. The summed E-state index contributed by atoms with van der Waals surface area (Å²) in [6.07, 6.45) is 1.40. The van der Waals surface area contributed by atoms with E-state index in [0.717, 1.165) is 0 Å². The van der Waals surface area contributed by atoms with Gasteiger partial charge in [-0.2, -0.15) is 5.10 Å². The molecule has 210 valence electrons. The number of carbonyl (C=O) groups excluding carboxylic acids is 1. The van der Waals surface area contributed by atoms with Gasteiger partial charge in [0.1, 0.15) is 29.3 Å². The van der Waals surface area contributed by atoms with E-state index in [4.69, 9.17) is 33.7 Å². The molecule has 4 rings (SSSR count). The van der Waals surface area contributed by atoms with Gasteiger partial charge in [0.2, 0.25) is 0 Å². The van der Waals surface area contributed by atoms with Crippen molar-refractivity contribution in [2.45, 2.75) is 43.5 Å². The number of thioether (sulfide) groups is 1. The SMILES string of the molecule is CCOc1cc2ncnc(Nc3ccc(F)c(Cl)c3)c2cc1CC(=O)C(C)(C)n1nc(SCCC(=O)O)sc1=S. The topological polar surface area (TPSA) is 119 Å². The van der Waals surface area contributed by atoms with Crippen LogP contribution in [0.5, 0.6) is 5.75 Å². The zero-order chi connectivity index (χ0) is 29.0. The molecular formula is C26H25ClFN5O4S3. The molecule has 2 aromatic heterocycles. The maximum atomic E-state index is 13.7. The largest absolute Gasteiger partial charge is 0.494 e. The van der Waals surface area contributed by atoms with Gasteiger partial charge in [-0.3, -0.25) is 9.59 Å². The lowest BCUT2D eigenvalue weighted by Gasteiger charge is -2.24. The molecule has 0 aliphatic rings. The summed E-state index contributed by atoms with van der Waals surface area (Å²) in [5.41, 5.74) is 0.667. The Morgan fingerprint density at radius 2 is 2.05 bits per heavy atom. The van der Waals surface area contributed by atoms with Crippen molar-refractivity contribution in [1.82, 2.24) is 19.7 Å². The van der Waals surface area contributed by atoms with Crippen molar-refractivity contribution < 1.29 is 23.8 Å². The first kappa shape index (κ1) is 29.8. The second-order valence-corrected chi connectivity index (χ2v) is 12.5. The highest BCUT2D eigenvalue weighted by Gasteiger charge is 2.33. The minimum atomic E-state index is -1.09. The van der Waals surface area contributed by atoms with Crippen LogP contribution in [-0.2, 0) is 21.5 Å². The number of nitrogens with zero attached hydrogens (tertiary/aromatic N) is 4. The van der Waals surface area contributed by atoms with Gasteiger partial charge in [-0.1, -0.05) is 34.7 Å². The summed E-state index contributed by atoms with van der Waals surface area (Å²) in [7, 11) is 0. The highest BCUT2D eigenvalue weighted by Crippen LogP contribution is 2.33. The molecule has 0 unspecified atom stereocenters. The van der Waals surface area contributed by atoms with Gasteiger partial charge < -0.3 is 15.2 Å². The number of nitrogens with one attached hydrogen (secondary N) is 1. The molecule has 4 aromatic rings. The van der Waals surface area contributed by atoms with Gasteiger partial charge >= 0.3 is 5.97 Å². The number of ketones is 1. The van der Waals surface area contributed by atoms with Crippen LogP contribution in [0.1, 0.15) is 32.8 Å². The molecule has 14 heteroatoms. The monoisotopic (exact) mass is 621 g/mol. The standard InChI is InChI=1S/C26H25ClFN5O4S3/c1-4-37-20-12-19-16(23(30-13-29-19)31-15-5-6-18(28)17(27)11-15)9-14(20)10-21(34)26(2,3)33-25(38)40-24(32-33)39-8-7-22(35)36/h5-6,9,11-13H,4,7-8,10H2,1-3H3,(H,35,36)(H,29,30,31). The van der Waals surface area contributed by atoms with Crippen molar-refractivity contribution in [3.8, 4) is 5.75 Å². The fraction of sp³-hybridized carbons (Fsp3) is 0.308. The Hall–Kier alpha value is -3.13. The Bertz CT molecular complexity index is 1640. The maximum absolute atomic E-state index is 13.7. The van der Waals surface area contributed by atoms with Crippen LogP contribution in [-0.4, -0.2) is 49.0 Å². The summed E-state index contributed by atoms with van der Waals surface area (Å²) in [6.45, 7) is 5.72. The van der Waals surface area contributed by atoms with Gasteiger partial charge in [-0.15, -0.1) is 0 Å². The van der Waals surface area contributed by atoms with Crippen molar-refractivity contribution in [3.63, 3.8) is 0 Å². The predicted molar refractivity (Wildman–Crippen MR) is 157 cm³/mol. The molecule has 0 radical (unpaired) electrons. The number of hydrogen-bond acceptors (Lipinski definition) is 10. The smallest absolute Gasteiger partial charge is 0.304 e. The zero-order valence-electron chi connectivity index (χ0n) is 21.7. The van der Waals surface area contributed by atoms with E-state index >= 15 is 0 Å². The van der Waals surface area contributed by atoms with Crippen LogP contribution in [0, 0.1) is 9.77 Å². The second-order valence-electron chi connectivity index (χ2n) is 9.08. The van der Waals surface area contributed by atoms with Crippen molar-refractivity contribution in [3.05, 3.63) is 57.0 Å². The van der Waals surface area contributed by atoms with E-state index in [1.165, 1.54) is 46.2 Å². The summed E-state index contributed by atoms with van der Waals surface area (Å²) < 4.78 is 22.0. The summed E-state index contributed by atoms with van der Waals surface area (Å²) in [5, 5.41) is 17.1. The molecule has 0 saturated heterocycles. The minimum Gasteiger partial charge on any atom is -0.494 e. The molecule has 0 bridgehead atoms. The van der Waals surface area contributed by atoms with Gasteiger partial charge in [0, 0.05) is 34.9 Å². The fourth-order valence-electron chi connectivity index (χ4n) is 3.77. The van der Waals surface area contributed by atoms with Gasteiger partial charge in [-0.05, 0) is 57.3 Å². The Kier molecular flexibility index (Phi) is 9.39. The van der Waals surface area contributed by atoms with E-state index in [-0.39, 0.29) is 23.6 Å². The van der Waals surface area contributed by atoms with Crippen LogP contribution in [0.4, 0.5) is 15.9 Å². The quantitative estimate of drug-likeness (QED) is 0.131. The minimum absolute atomic E-state index is 0.00371. The number of Topliss-reactive ketones (excluding diaryl/α,β-unsaturated/α-hetero) is 1. The van der Waals surface area contributed by atoms with Crippen LogP contribution in [0.2, 0.25) is 5.02 Å². The van der Waals surface area contributed by atoms with Crippen LogP contribution >= 0.6 is 46.9 Å². The van der Waals surface area contributed by atoms with Crippen molar-refractivity contribution in [1.29, 1.82) is 0 Å². The lowest BCUT2D eigenvalue weighted by Crippen LogP contribution is -2.38. The average molecular weight is 622 g/mol. The van der Waals surface area contributed by atoms with Crippen LogP contribution < -0.4 is 10.1 Å². The molecule has 0 aliphatic carbocycles. The number of benzene rings is 2. The number of carbonyl (C=O) groups is 2. The fourth-order valence-corrected chi connectivity index (χ4v) is 6.56. The second kappa shape index (κ2) is 12.6. The van der Waals surface area contributed by atoms with E-state index in [9.17, 15) is 14.0 Å². The highest BCUT2D eigenvalue weighted by atomic mass is 35.5. The summed E-state index contributed by atoms with van der Waals surface area (Å²) in [5.74, 6) is -0.266. The molecule has 0 atom stereocenters. The lowest BCUT2D eigenvalue weighted by molar-refractivity contribution is -0.136. The Labute approximate surface area is 247 Å². The molecule has 2 N–H and O–H groups in total. The van der Waals surface area contributed by atoms with Gasteiger partial charge in [0.15, 0.2) is 14.1 Å². The first-order chi connectivity index (χ1) is 19.0. The average Bonchev–Trinajstić information content (AvgIpc) is 3.27. The number of rotatable bonds is 12. The number of carboxylic acid groups (broad SMARTS) is 1. The first-order valence-electron chi connectivity index (χ1n) is 12.1. The van der Waals surface area contributed by atoms with Gasteiger partial charge in [-0.25, -0.2) is 19.0 Å². The van der Waals surface area contributed by atoms with E-state index in [1.807, 2.05) is 6.92 Å². The molecule has 2 heterocycles. The molecule has 0 aliphatic heterocycles. The van der Waals surface area contributed by atoms with Crippen LogP contribution in [0.25, 0.3) is 10.9 Å². The van der Waals surface area contributed by atoms with Gasteiger partial charge in [0.05, 0.1) is 23.6 Å². The zero-order valence-corrected chi connectivity index (χ0v) is 24.9. The third-order valence-electron chi connectivity index (χ3n) is 5.93. The molecule has 0 amide bonds. The molecule has 2 aromatic carbocycles. The van der Waals surface area contributed by atoms with Crippen molar-refractivity contribution in [2.24, 2.45) is 0 Å². The number of anilines is 2. The van der Waals surface area contributed by atoms with Crippen molar-refractivity contribution >= 4 is 81.1 Å². The third-order valence-corrected chi connectivity index (χ3v) is 8.59. The molecule has 40 heavy (non-hydrogen) atoms. The van der Waals surface area contributed by atoms with Crippen LogP contribution in [0.15, 0.2) is 41.0 Å². The lowest BCUT2D eigenvalue weighted by atomic mass is 9.93. The Balaban J connectivity index is 1.65.